The van der Waals surface area contributed by atoms with E-state index in [4.69, 9.17) is 14.6 Å². The Morgan fingerprint density at radius 1 is 1.67 bits per heavy atom. The fraction of sp³-hybridized carbons (Fsp3) is 0.875. The van der Waals surface area contributed by atoms with Gasteiger partial charge in [0.1, 0.15) is 12.2 Å². The Hall–Kier alpha value is -0.610. The lowest BCUT2D eigenvalue weighted by Gasteiger charge is -2.09. The second kappa shape index (κ2) is 3.87. The lowest BCUT2D eigenvalue weighted by molar-refractivity contribution is -0.145. The van der Waals surface area contributed by atoms with Crippen LogP contribution in [0.5, 0.6) is 0 Å². The zero-order chi connectivity index (χ0) is 9.14. The zero-order valence-electron chi connectivity index (χ0n) is 7.32. The number of hydrogen-bond acceptors (Lipinski definition) is 4. The second-order valence-corrected chi connectivity index (χ2v) is 3.05. The van der Waals surface area contributed by atoms with Crippen LogP contribution in [-0.4, -0.2) is 36.0 Å². The van der Waals surface area contributed by atoms with Crippen LogP contribution in [0.15, 0.2) is 0 Å². The number of aliphatic hydroxyl groups is 1. The molecule has 0 aromatic rings. The van der Waals surface area contributed by atoms with Gasteiger partial charge in [-0.15, -0.1) is 0 Å². The Bertz CT molecular complexity index is 168. The van der Waals surface area contributed by atoms with Crippen molar-refractivity contribution in [1.29, 1.82) is 0 Å². The molecule has 1 fully saturated rings. The fourth-order valence-corrected chi connectivity index (χ4v) is 1.21. The molecule has 3 atom stereocenters. The third kappa shape index (κ3) is 2.79. The maximum absolute atomic E-state index is 10.5. The van der Waals surface area contributed by atoms with Gasteiger partial charge in [0.2, 0.25) is 0 Å². The molecule has 0 aromatic carbocycles. The topological polar surface area (TPSA) is 59.1 Å². The van der Waals surface area contributed by atoms with Gasteiger partial charge in [-0.1, -0.05) is 0 Å². The number of epoxide rings is 1. The zero-order valence-corrected chi connectivity index (χ0v) is 7.32. The maximum Gasteiger partial charge on any atom is 0.302 e. The molecule has 1 aliphatic rings. The molecule has 3 unspecified atom stereocenters. The highest BCUT2D eigenvalue weighted by molar-refractivity contribution is 5.66. The van der Waals surface area contributed by atoms with E-state index >= 15 is 0 Å². The summed E-state index contributed by atoms with van der Waals surface area (Å²) in [5.74, 6) is -0.274. The Morgan fingerprint density at radius 2 is 2.33 bits per heavy atom. The third-order valence-corrected chi connectivity index (χ3v) is 1.80. The first kappa shape index (κ1) is 9.48. The van der Waals surface area contributed by atoms with Crippen LogP contribution < -0.4 is 0 Å². The lowest BCUT2D eigenvalue weighted by atomic mass is 10.2. The Balaban J connectivity index is 2.11. The van der Waals surface area contributed by atoms with Crippen molar-refractivity contribution in [2.45, 2.75) is 38.6 Å². The van der Waals surface area contributed by atoms with Gasteiger partial charge in [0, 0.05) is 13.3 Å². The van der Waals surface area contributed by atoms with E-state index < -0.39 is 0 Å². The molecule has 0 spiro atoms. The van der Waals surface area contributed by atoms with Crippen molar-refractivity contribution in [2.24, 2.45) is 0 Å². The van der Waals surface area contributed by atoms with E-state index in [0.717, 1.165) is 0 Å². The van der Waals surface area contributed by atoms with E-state index in [9.17, 15) is 4.79 Å². The van der Waals surface area contributed by atoms with Crippen LogP contribution in [0.1, 0.15) is 20.3 Å². The van der Waals surface area contributed by atoms with Crippen LogP contribution in [0.25, 0.3) is 0 Å². The summed E-state index contributed by atoms with van der Waals surface area (Å²) in [7, 11) is 0. The molecule has 0 aromatic heterocycles. The highest BCUT2D eigenvalue weighted by Crippen LogP contribution is 2.26. The molecule has 0 saturated carbocycles. The number of hydrogen-bond donors (Lipinski definition) is 1. The summed E-state index contributed by atoms with van der Waals surface area (Å²) in [6.07, 6.45) is 0.585. The van der Waals surface area contributed by atoms with Crippen molar-refractivity contribution in [3.8, 4) is 0 Å². The first-order chi connectivity index (χ1) is 5.63. The molecule has 70 valence electrons. The molecule has 1 aliphatic heterocycles. The third-order valence-electron chi connectivity index (χ3n) is 1.80. The van der Waals surface area contributed by atoms with Gasteiger partial charge in [-0.3, -0.25) is 4.79 Å². The summed E-state index contributed by atoms with van der Waals surface area (Å²) in [5.41, 5.74) is 0. The van der Waals surface area contributed by atoms with Gasteiger partial charge in [0.25, 0.3) is 0 Å². The van der Waals surface area contributed by atoms with E-state index in [1.807, 2.05) is 6.92 Å². The molecule has 0 radical (unpaired) electrons. The molecule has 1 heterocycles. The predicted molar refractivity (Wildman–Crippen MR) is 41.6 cm³/mol. The predicted octanol–water partition coefficient (Wildman–Crippen LogP) is 0.0878. The number of aliphatic hydroxyl groups excluding tert-OH is 1. The molecule has 0 amide bonds. The number of rotatable bonds is 4. The minimum Gasteiger partial charge on any atom is -0.463 e. The molecule has 1 rings (SSSR count). The minimum absolute atomic E-state index is 0.0389. The van der Waals surface area contributed by atoms with Gasteiger partial charge in [-0.25, -0.2) is 0 Å². The Labute approximate surface area is 71.5 Å². The molecule has 4 heteroatoms. The van der Waals surface area contributed by atoms with Gasteiger partial charge < -0.3 is 14.6 Å². The normalized spacial score (nSPS) is 29.6. The van der Waals surface area contributed by atoms with Gasteiger partial charge >= 0.3 is 5.97 Å². The molecule has 12 heavy (non-hydrogen) atoms. The van der Waals surface area contributed by atoms with E-state index in [0.29, 0.717) is 6.42 Å². The lowest BCUT2D eigenvalue weighted by Crippen LogP contribution is -2.15. The Morgan fingerprint density at radius 3 is 2.75 bits per heavy atom. The van der Waals surface area contributed by atoms with E-state index in [2.05, 4.69) is 0 Å². The van der Waals surface area contributed by atoms with Gasteiger partial charge in [-0.05, 0) is 6.92 Å². The summed E-state index contributed by atoms with van der Waals surface area (Å²) < 4.78 is 9.97. The van der Waals surface area contributed by atoms with Crippen LogP contribution in [0.3, 0.4) is 0 Å². The smallest absolute Gasteiger partial charge is 0.302 e. The van der Waals surface area contributed by atoms with Crippen molar-refractivity contribution in [3.05, 3.63) is 0 Å². The molecule has 1 saturated heterocycles. The maximum atomic E-state index is 10.5. The molecular weight excluding hydrogens is 160 g/mol. The monoisotopic (exact) mass is 174 g/mol. The number of esters is 1. The molecule has 1 N–H and O–H groups in total. The second-order valence-electron chi connectivity index (χ2n) is 3.05. The van der Waals surface area contributed by atoms with Crippen molar-refractivity contribution >= 4 is 5.97 Å². The number of carbonyl (C=O) groups excluding carboxylic acids is 1. The number of carbonyl (C=O) groups is 1. The van der Waals surface area contributed by atoms with Crippen molar-refractivity contribution in [3.63, 3.8) is 0 Å². The van der Waals surface area contributed by atoms with Gasteiger partial charge in [-0.2, -0.15) is 0 Å². The first-order valence-electron chi connectivity index (χ1n) is 4.07. The van der Waals surface area contributed by atoms with Crippen molar-refractivity contribution in [1.82, 2.24) is 0 Å². The number of ether oxygens (including phenoxy) is 2. The quantitative estimate of drug-likeness (QED) is 0.484. The van der Waals surface area contributed by atoms with E-state index in [1.165, 1.54) is 6.92 Å². The summed E-state index contributed by atoms with van der Waals surface area (Å²) >= 11 is 0. The van der Waals surface area contributed by atoms with E-state index in [-0.39, 0.29) is 30.9 Å². The Kier molecular flexibility index (Phi) is 3.05. The molecule has 0 aliphatic carbocycles. The van der Waals surface area contributed by atoms with Crippen molar-refractivity contribution < 1.29 is 19.4 Å². The van der Waals surface area contributed by atoms with Crippen LogP contribution in [0.4, 0.5) is 0 Å². The van der Waals surface area contributed by atoms with Crippen LogP contribution >= 0.6 is 0 Å². The van der Waals surface area contributed by atoms with Crippen LogP contribution in [0, 0.1) is 0 Å². The average Bonchev–Trinajstić information content (AvgIpc) is 2.65. The van der Waals surface area contributed by atoms with Gasteiger partial charge in [0.05, 0.1) is 12.7 Å². The SMILES string of the molecule is CC(=O)OC(C)CC1OC1CO. The highest BCUT2D eigenvalue weighted by Gasteiger charge is 2.39. The first-order valence-corrected chi connectivity index (χ1v) is 4.07. The summed E-state index contributed by atoms with van der Waals surface area (Å²) in [6.45, 7) is 3.25. The van der Waals surface area contributed by atoms with Gasteiger partial charge in [0.15, 0.2) is 0 Å². The molecule has 4 nitrogen and oxygen atoms in total. The van der Waals surface area contributed by atoms with Crippen molar-refractivity contribution in [2.75, 3.05) is 6.61 Å². The average molecular weight is 174 g/mol. The van der Waals surface area contributed by atoms with Crippen LogP contribution in [0.2, 0.25) is 0 Å². The summed E-state index contributed by atoms with van der Waals surface area (Å²) in [5, 5.41) is 8.64. The summed E-state index contributed by atoms with van der Waals surface area (Å²) in [4.78, 5) is 10.5. The van der Waals surface area contributed by atoms with Crippen LogP contribution in [-0.2, 0) is 14.3 Å². The van der Waals surface area contributed by atoms with E-state index in [1.54, 1.807) is 0 Å². The summed E-state index contributed by atoms with van der Waals surface area (Å²) in [6, 6.07) is 0. The molecule has 0 bridgehead atoms. The fourth-order valence-electron chi connectivity index (χ4n) is 1.21. The minimum atomic E-state index is -0.274. The molecular formula is C8H14O4. The largest absolute Gasteiger partial charge is 0.463 e. The standard InChI is InChI=1S/C8H14O4/c1-5(11-6(2)10)3-7-8(4-9)12-7/h5,7-9H,3-4H2,1-2H3. The highest BCUT2D eigenvalue weighted by atomic mass is 16.6.